The summed E-state index contributed by atoms with van der Waals surface area (Å²) in [6.07, 6.45) is 2.44. The smallest absolute Gasteiger partial charge is 0.242 e. The summed E-state index contributed by atoms with van der Waals surface area (Å²) in [5, 5.41) is 17.3. The van der Waals surface area contributed by atoms with Gasteiger partial charge in [0, 0.05) is 47.5 Å². The van der Waals surface area contributed by atoms with Gasteiger partial charge in [-0.25, -0.2) is 4.90 Å². The molecule has 0 spiro atoms. The Hall–Kier alpha value is -5.21. The largest absolute Gasteiger partial charge is 0.503 e. The number of aryl methyl sites for hydroxylation is 2. The van der Waals surface area contributed by atoms with Gasteiger partial charge in [-0.05, 0) is 104 Å². The number of phenols is 1. The van der Waals surface area contributed by atoms with Gasteiger partial charge in [0.15, 0.2) is 11.5 Å². The number of thiophene rings is 1. The summed E-state index contributed by atoms with van der Waals surface area (Å²) in [7, 11) is 3.13. The zero-order valence-corrected chi connectivity index (χ0v) is 35.6. The van der Waals surface area contributed by atoms with Crippen LogP contribution in [0, 0.1) is 36.0 Å². The number of nitrogens with zero attached hydrogens (tertiary/aromatic N) is 5. The highest BCUT2D eigenvalue weighted by molar-refractivity contribution is 7.22. The molecule has 308 valence electrons. The van der Waals surface area contributed by atoms with Crippen LogP contribution in [-0.4, -0.2) is 71.9 Å². The highest BCUT2D eigenvalue weighted by atomic mass is 35.5. The predicted octanol–water partition coefficient (Wildman–Crippen LogP) is 7.90. The third-order valence-corrected chi connectivity index (χ3v) is 15.4. The van der Waals surface area contributed by atoms with Gasteiger partial charge in [0.25, 0.3) is 0 Å². The number of aromatic hydroxyl groups is 1. The Bertz CT molecular complexity index is 2710. The molecule has 12 nitrogen and oxygen atoms in total. The zero-order chi connectivity index (χ0) is 41.9. The van der Waals surface area contributed by atoms with E-state index in [1.807, 2.05) is 55.5 Å². The van der Waals surface area contributed by atoms with Gasteiger partial charge < -0.3 is 19.5 Å². The number of hydrogen-bond acceptors (Lipinski definition) is 10. The normalized spacial score (nSPS) is 26.5. The van der Waals surface area contributed by atoms with Crippen molar-refractivity contribution in [1.82, 2.24) is 9.78 Å². The maximum Gasteiger partial charge on any atom is 0.242 e. The van der Waals surface area contributed by atoms with E-state index in [-0.39, 0.29) is 41.2 Å². The van der Waals surface area contributed by atoms with Gasteiger partial charge in [0.2, 0.25) is 23.6 Å². The van der Waals surface area contributed by atoms with Crippen molar-refractivity contribution in [2.45, 2.75) is 32.6 Å². The number of phenolic OH excluding ortho intramolecular Hbond substituents is 1. The number of benzene rings is 3. The van der Waals surface area contributed by atoms with Crippen LogP contribution in [0.25, 0.3) is 20.7 Å². The van der Waals surface area contributed by atoms with Crippen LogP contribution in [0.3, 0.4) is 0 Å². The molecule has 1 saturated carbocycles. The number of ether oxygens (including phenoxy) is 2. The van der Waals surface area contributed by atoms with E-state index in [9.17, 15) is 14.7 Å². The average molecular weight is 867 g/mol. The van der Waals surface area contributed by atoms with Crippen molar-refractivity contribution in [1.29, 1.82) is 0 Å². The van der Waals surface area contributed by atoms with Crippen molar-refractivity contribution in [3.05, 3.63) is 93.5 Å². The number of carbonyl (C=O) groups is 4. The SMILES string of the molecule is COc1cc([C@H]2C3=CC[C@@H]4C(=O)N(c5ccc(N6CCOCC6)cc5)C(=O)[C@@H]4[C@@H]3C[C@H]3C(=O)N(c4cc(-c5sc6ccc(Cl)cc6c5C)nn4C)C(=O)[C@@]23C)cc(Cl)c1O. The summed E-state index contributed by atoms with van der Waals surface area (Å²) < 4.78 is 13.6. The van der Waals surface area contributed by atoms with Crippen molar-refractivity contribution in [3.8, 4) is 22.1 Å². The highest BCUT2D eigenvalue weighted by Gasteiger charge is 2.68. The summed E-state index contributed by atoms with van der Waals surface area (Å²) >= 11 is 14.5. The summed E-state index contributed by atoms with van der Waals surface area (Å²) in [6.45, 7) is 6.57. The molecule has 1 N–H and O–H groups in total. The lowest BCUT2D eigenvalue weighted by atomic mass is 9.51. The van der Waals surface area contributed by atoms with Crippen LogP contribution in [0.5, 0.6) is 11.5 Å². The fraction of sp³-hybridized carbons (Fsp3) is 0.356. The minimum Gasteiger partial charge on any atom is -0.503 e. The summed E-state index contributed by atoms with van der Waals surface area (Å²) in [6, 6.07) is 18.2. The third kappa shape index (κ3) is 5.62. The average Bonchev–Trinajstić information content (AvgIpc) is 3.92. The summed E-state index contributed by atoms with van der Waals surface area (Å²) in [5.74, 6) is -4.86. The molecule has 15 heteroatoms. The Morgan fingerprint density at radius 1 is 0.917 bits per heavy atom. The van der Waals surface area contributed by atoms with Crippen LogP contribution in [0.4, 0.5) is 17.2 Å². The van der Waals surface area contributed by atoms with Crippen LogP contribution in [0.2, 0.25) is 10.0 Å². The van der Waals surface area contributed by atoms with Crippen LogP contribution in [0.1, 0.15) is 36.8 Å². The van der Waals surface area contributed by atoms with Gasteiger partial charge in [-0.1, -0.05) is 34.9 Å². The molecule has 5 aromatic rings. The van der Waals surface area contributed by atoms with Crippen molar-refractivity contribution in [2.24, 2.45) is 36.1 Å². The lowest BCUT2D eigenvalue weighted by Crippen LogP contribution is -2.49. The fourth-order valence-corrected chi connectivity index (χ4v) is 12.2. The summed E-state index contributed by atoms with van der Waals surface area (Å²) in [5.41, 5.74) is 3.07. The Balaban J connectivity index is 1.05. The second-order valence-corrected chi connectivity index (χ2v) is 18.4. The molecule has 2 aromatic heterocycles. The molecule has 4 fully saturated rings. The Labute approximate surface area is 359 Å². The molecule has 0 bridgehead atoms. The number of anilines is 3. The van der Waals surface area contributed by atoms with E-state index in [4.69, 9.17) is 37.8 Å². The van der Waals surface area contributed by atoms with Crippen LogP contribution in [-0.2, 0) is 31.0 Å². The van der Waals surface area contributed by atoms with Gasteiger partial charge in [-0.15, -0.1) is 11.3 Å². The Kier molecular flexibility index (Phi) is 9.21. The van der Waals surface area contributed by atoms with Crippen molar-refractivity contribution in [2.75, 3.05) is 48.1 Å². The molecule has 3 aromatic carbocycles. The Morgan fingerprint density at radius 3 is 2.38 bits per heavy atom. The first kappa shape index (κ1) is 39.0. The lowest BCUT2D eigenvalue weighted by molar-refractivity contribution is -0.131. The number of fused-ring (bicyclic) bond motifs is 5. The topological polar surface area (TPSA) is 135 Å². The molecular formula is C45H41Cl2N5O7S. The third-order valence-electron chi connectivity index (χ3n) is 13.6. The van der Waals surface area contributed by atoms with Gasteiger partial charge in [0.05, 0.1) is 59.1 Å². The molecule has 60 heavy (non-hydrogen) atoms. The van der Waals surface area contributed by atoms with E-state index < -0.39 is 46.8 Å². The van der Waals surface area contributed by atoms with E-state index in [0.717, 1.165) is 44.9 Å². The lowest BCUT2D eigenvalue weighted by Gasteiger charge is -2.49. The number of carbonyl (C=O) groups excluding carboxylic acids is 4. The molecule has 3 aliphatic heterocycles. The Morgan fingerprint density at radius 2 is 1.65 bits per heavy atom. The van der Waals surface area contributed by atoms with Gasteiger partial charge in [-0.3, -0.25) is 28.8 Å². The van der Waals surface area contributed by atoms with Crippen LogP contribution in [0.15, 0.2) is 72.3 Å². The van der Waals surface area contributed by atoms with Gasteiger partial charge in [0.1, 0.15) is 11.5 Å². The van der Waals surface area contributed by atoms with Crippen LogP contribution >= 0.6 is 34.5 Å². The van der Waals surface area contributed by atoms with Crippen LogP contribution < -0.4 is 19.4 Å². The number of morpholine rings is 1. The number of amides is 4. The van der Waals surface area contributed by atoms with Crippen molar-refractivity contribution in [3.63, 3.8) is 0 Å². The van der Waals surface area contributed by atoms with Gasteiger partial charge in [-0.2, -0.15) is 5.10 Å². The molecule has 6 atom stereocenters. The standard InChI is InChI=1S/C45H41Cl2N5O7S/c1-22-29-19-24(46)5-12-35(29)60-40(22)33-21-36(49(3)48-33)52-42(55)31-20-30-27(38(45(31,2)44(52)57)23-17-32(47)39(53)34(18-23)58-4)10-11-28-37(30)43(56)51(41(28)54)26-8-6-25(7-9-26)50-13-15-59-16-14-50/h5-10,12,17-19,21,28,30-31,37-38,53H,11,13-16,20H2,1-4H3/t28-,30+,31-,37-,38-,45+/m0/s1. The minimum absolute atomic E-state index is 0.0182. The minimum atomic E-state index is -1.35. The fourth-order valence-electron chi connectivity index (χ4n) is 10.6. The quantitative estimate of drug-likeness (QED) is 0.134. The first-order chi connectivity index (χ1) is 28.8. The van der Waals surface area contributed by atoms with E-state index in [0.29, 0.717) is 41.0 Å². The molecule has 5 aliphatic rings. The van der Waals surface area contributed by atoms with E-state index in [2.05, 4.69) is 4.90 Å². The molecule has 3 saturated heterocycles. The number of halogens is 2. The molecule has 5 heterocycles. The molecule has 0 unspecified atom stereocenters. The second kappa shape index (κ2) is 14.2. The number of hydrogen-bond donors (Lipinski definition) is 1. The van der Waals surface area contributed by atoms with Crippen molar-refractivity contribution >= 4 is 85.4 Å². The van der Waals surface area contributed by atoms with E-state index in [1.165, 1.54) is 16.9 Å². The zero-order valence-electron chi connectivity index (χ0n) is 33.3. The molecule has 10 rings (SSSR count). The summed E-state index contributed by atoms with van der Waals surface area (Å²) in [4.78, 5) is 65.0. The monoisotopic (exact) mass is 865 g/mol. The molecular weight excluding hydrogens is 825 g/mol. The number of rotatable bonds is 6. The highest BCUT2D eigenvalue weighted by Crippen LogP contribution is 2.64. The second-order valence-electron chi connectivity index (χ2n) is 16.6. The number of aromatic nitrogens is 2. The number of imide groups is 2. The van der Waals surface area contributed by atoms with E-state index >= 15 is 9.59 Å². The first-order valence-electron chi connectivity index (χ1n) is 20.0. The van der Waals surface area contributed by atoms with Gasteiger partial charge >= 0.3 is 0 Å². The molecule has 4 amide bonds. The van der Waals surface area contributed by atoms with Crippen molar-refractivity contribution < 1.29 is 33.8 Å². The maximum atomic E-state index is 15.3. The molecule has 2 aliphatic carbocycles. The maximum absolute atomic E-state index is 15.3. The number of methoxy groups -OCH3 is 1. The predicted molar refractivity (Wildman–Crippen MR) is 230 cm³/mol. The molecule has 0 radical (unpaired) electrons. The number of allylic oxidation sites excluding steroid dienone is 2. The first-order valence-corrected chi connectivity index (χ1v) is 21.6. The van der Waals surface area contributed by atoms with E-state index in [1.54, 1.807) is 48.2 Å².